The van der Waals surface area contributed by atoms with E-state index in [1.807, 2.05) is 6.07 Å². The van der Waals surface area contributed by atoms with E-state index >= 15 is 0 Å². The van der Waals surface area contributed by atoms with Crippen molar-refractivity contribution in [1.82, 2.24) is 4.98 Å². The highest BCUT2D eigenvalue weighted by Gasteiger charge is 2.34. The molecule has 0 N–H and O–H groups in total. The summed E-state index contributed by atoms with van der Waals surface area (Å²) < 4.78 is 61.8. The molecule has 5 nitrogen and oxygen atoms in total. The molecule has 0 spiro atoms. The zero-order chi connectivity index (χ0) is 19.1. The number of aromatic nitrogens is 1. The second-order valence-corrected chi connectivity index (χ2v) is 9.52. The average molecular weight is 402 g/mol. The van der Waals surface area contributed by atoms with Gasteiger partial charge in [-0.2, -0.15) is 18.4 Å². The number of nitriles is 1. The van der Waals surface area contributed by atoms with E-state index in [1.165, 1.54) is 6.07 Å². The van der Waals surface area contributed by atoms with Crippen LogP contribution in [-0.2, 0) is 20.8 Å². The Morgan fingerprint density at radius 3 is 2.73 bits per heavy atom. The van der Waals surface area contributed by atoms with Gasteiger partial charge in [0, 0.05) is 6.42 Å². The van der Waals surface area contributed by atoms with Gasteiger partial charge in [0.15, 0.2) is 21.5 Å². The third-order valence-electron chi connectivity index (χ3n) is 4.25. The summed E-state index contributed by atoms with van der Waals surface area (Å²) >= 11 is 0.995. The van der Waals surface area contributed by atoms with Gasteiger partial charge in [0.1, 0.15) is 5.01 Å². The average Bonchev–Trinajstić information content (AvgIpc) is 3.09. The number of ketones is 1. The van der Waals surface area contributed by atoms with E-state index in [0.29, 0.717) is 11.1 Å². The van der Waals surface area contributed by atoms with Crippen molar-refractivity contribution < 1.29 is 26.4 Å². The van der Waals surface area contributed by atoms with Gasteiger partial charge in [-0.1, -0.05) is 0 Å². The van der Waals surface area contributed by atoms with Gasteiger partial charge >= 0.3 is 6.18 Å². The predicted molar refractivity (Wildman–Crippen MR) is 89.4 cm³/mol. The highest BCUT2D eigenvalue weighted by Crippen LogP contribution is 2.35. The molecule has 0 bridgehead atoms. The fourth-order valence-corrected chi connectivity index (χ4v) is 5.82. The quantitative estimate of drug-likeness (QED) is 0.783. The molecule has 1 aromatic heterocycles. The molecule has 0 saturated carbocycles. The molecule has 1 aliphatic heterocycles. The lowest BCUT2D eigenvalue weighted by atomic mass is 9.95. The smallest absolute Gasteiger partial charge is 0.298 e. The highest BCUT2D eigenvalue weighted by atomic mass is 32.2. The van der Waals surface area contributed by atoms with Crippen molar-refractivity contribution in [3.63, 3.8) is 0 Å². The van der Waals surface area contributed by atoms with Crippen LogP contribution >= 0.6 is 11.3 Å². The molecule has 0 amide bonds. The van der Waals surface area contributed by atoms with Crippen molar-refractivity contribution in [3.05, 3.63) is 28.8 Å². The molecule has 0 radical (unpaired) electrons. The molecule has 3 rings (SSSR count). The molecular weight excluding hydrogens is 389 g/mol. The summed E-state index contributed by atoms with van der Waals surface area (Å²) in [7, 11) is -3.13. The maximum Gasteiger partial charge on any atom is 0.416 e. The summed E-state index contributed by atoms with van der Waals surface area (Å²) in [5.74, 6) is -2.03. The predicted octanol–water partition coefficient (Wildman–Crippen LogP) is 3.32. The van der Waals surface area contributed by atoms with Crippen LogP contribution < -0.4 is 0 Å². The van der Waals surface area contributed by atoms with Crippen molar-refractivity contribution in [1.29, 1.82) is 5.26 Å². The summed E-state index contributed by atoms with van der Waals surface area (Å²) in [6.45, 7) is 0. The number of carbonyl (C=O) groups is 1. The van der Waals surface area contributed by atoms with Crippen molar-refractivity contribution >= 4 is 37.2 Å². The Labute approximate surface area is 151 Å². The lowest BCUT2D eigenvalue weighted by Gasteiger charge is -2.09. The number of hydrogen-bond donors (Lipinski definition) is 0. The number of carbonyl (C=O) groups excluding carboxylic acids is 1. The molecule has 0 aliphatic carbocycles. The van der Waals surface area contributed by atoms with Crippen LogP contribution in [0.5, 0.6) is 0 Å². The summed E-state index contributed by atoms with van der Waals surface area (Å²) in [4.78, 5) is 16.5. The molecule has 1 aliphatic rings. The number of fused-ring (bicyclic) bond motifs is 1. The van der Waals surface area contributed by atoms with Gasteiger partial charge in [-0.05, 0) is 30.5 Å². The van der Waals surface area contributed by atoms with Crippen LogP contribution in [0.2, 0.25) is 0 Å². The maximum atomic E-state index is 12.8. The summed E-state index contributed by atoms with van der Waals surface area (Å²) in [6.07, 6.45) is -4.18. The number of benzene rings is 1. The maximum absolute atomic E-state index is 12.8. The zero-order valence-electron chi connectivity index (χ0n) is 13.3. The Balaban J connectivity index is 1.83. The molecule has 26 heavy (non-hydrogen) atoms. The molecule has 1 saturated heterocycles. The number of thiazole rings is 1. The van der Waals surface area contributed by atoms with Gasteiger partial charge in [-0.15, -0.1) is 11.3 Å². The topological polar surface area (TPSA) is 87.9 Å². The summed E-state index contributed by atoms with van der Waals surface area (Å²) in [6, 6.07) is 4.93. The first kappa shape index (κ1) is 18.8. The van der Waals surface area contributed by atoms with E-state index in [2.05, 4.69) is 4.98 Å². The standard InChI is InChI=1S/C16H13F3N2O3S2/c17-16(18,19)10-1-2-14-12(6-10)21-15(25-14)11(7-20)13(22)5-9-3-4-26(23,24)8-9/h1-2,6,9,11H,3-5,8H2/t9-,11+/m0/s1. The van der Waals surface area contributed by atoms with Crippen LogP contribution in [0.25, 0.3) is 10.2 Å². The van der Waals surface area contributed by atoms with E-state index in [0.717, 1.165) is 23.5 Å². The van der Waals surface area contributed by atoms with E-state index in [-0.39, 0.29) is 34.4 Å². The minimum atomic E-state index is -4.50. The highest BCUT2D eigenvalue weighted by molar-refractivity contribution is 7.91. The van der Waals surface area contributed by atoms with E-state index in [4.69, 9.17) is 0 Å². The third-order valence-corrected chi connectivity index (χ3v) is 7.18. The Kier molecular flexibility index (Phi) is 4.79. The van der Waals surface area contributed by atoms with Gasteiger partial charge in [-0.25, -0.2) is 13.4 Å². The van der Waals surface area contributed by atoms with Crippen molar-refractivity contribution in [3.8, 4) is 6.07 Å². The lowest BCUT2D eigenvalue weighted by molar-refractivity contribution is -0.137. The molecule has 2 heterocycles. The van der Waals surface area contributed by atoms with Gasteiger partial charge < -0.3 is 0 Å². The van der Waals surface area contributed by atoms with Crippen molar-refractivity contribution in [2.24, 2.45) is 5.92 Å². The van der Waals surface area contributed by atoms with Crippen molar-refractivity contribution in [2.75, 3.05) is 11.5 Å². The first-order valence-electron chi connectivity index (χ1n) is 7.69. The number of hydrogen-bond acceptors (Lipinski definition) is 6. The van der Waals surface area contributed by atoms with Crippen LogP contribution in [0.1, 0.15) is 29.3 Å². The third kappa shape index (κ3) is 3.88. The summed E-state index contributed by atoms with van der Waals surface area (Å²) in [5.41, 5.74) is -0.769. The second kappa shape index (κ2) is 6.63. The monoisotopic (exact) mass is 402 g/mol. The molecule has 1 fully saturated rings. The largest absolute Gasteiger partial charge is 0.416 e. The van der Waals surface area contributed by atoms with E-state index in [1.54, 1.807) is 0 Å². The minimum Gasteiger partial charge on any atom is -0.298 e. The van der Waals surface area contributed by atoms with Crippen LogP contribution in [-0.4, -0.2) is 30.7 Å². The van der Waals surface area contributed by atoms with Crippen LogP contribution in [0.4, 0.5) is 13.2 Å². The first-order chi connectivity index (χ1) is 12.1. The Morgan fingerprint density at radius 2 is 2.15 bits per heavy atom. The fourth-order valence-electron chi connectivity index (χ4n) is 2.95. The Morgan fingerprint density at radius 1 is 1.42 bits per heavy atom. The Hall–Kier alpha value is -1.99. The lowest BCUT2D eigenvalue weighted by Crippen LogP contribution is -2.16. The molecule has 1 aromatic carbocycles. The van der Waals surface area contributed by atoms with E-state index < -0.39 is 33.3 Å². The zero-order valence-corrected chi connectivity index (χ0v) is 14.9. The van der Waals surface area contributed by atoms with E-state index in [9.17, 15) is 31.6 Å². The SMILES string of the molecule is N#C[C@H](C(=O)C[C@@H]1CCS(=O)(=O)C1)c1nc2cc(C(F)(F)F)ccc2s1. The molecule has 138 valence electrons. The molecule has 10 heteroatoms. The van der Waals surface area contributed by atoms with Crippen molar-refractivity contribution in [2.45, 2.75) is 24.9 Å². The molecule has 0 unspecified atom stereocenters. The van der Waals surface area contributed by atoms with Gasteiger partial charge in [0.25, 0.3) is 0 Å². The normalized spacial score (nSPS) is 20.8. The number of alkyl halides is 3. The molecular formula is C16H13F3N2O3S2. The Bertz CT molecular complexity index is 1010. The van der Waals surface area contributed by atoms with Gasteiger partial charge in [-0.3, -0.25) is 4.79 Å². The first-order valence-corrected chi connectivity index (χ1v) is 10.3. The molecule has 2 aromatic rings. The van der Waals surface area contributed by atoms with Crippen LogP contribution in [0.3, 0.4) is 0 Å². The fraction of sp³-hybridized carbons (Fsp3) is 0.438. The second-order valence-electron chi connectivity index (χ2n) is 6.23. The number of halogens is 3. The van der Waals surface area contributed by atoms with Crippen LogP contribution in [0.15, 0.2) is 18.2 Å². The number of rotatable bonds is 4. The summed E-state index contributed by atoms with van der Waals surface area (Å²) in [5, 5.41) is 9.47. The minimum absolute atomic E-state index is 0.0313. The van der Waals surface area contributed by atoms with Gasteiger partial charge in [0.05, 0.1) is 33.4 Å². The number of nitrogens with zero attached hydrogens (tertiary/aromatic N) is 2. The van der Waals surface area contributed by atoms with Gasteiger partial charge in [0.2, 0.25) is 0 Å². The van der Waals surface area contributed by atoms with Crippen LogP contribution in [0, 0.1) is 17.2 Å². The number of Topliss-reactive ketones (excluding diaryl/α,β-unsaturated/α-hetero) is 1. The molecule has 2 atom stereocenters. The number of sulfone groups is 1.